The van der Waals surface area contributed by atoms with Gasteiger partial charge in [0.15, 0.2) is 0 Å². The summed E-state index contributed by atoms with van der Waals surface area (Å²) in [6.07, 6.45) is 0. The summed E-state index contributed by atoms with van der Waals surface area (Å²) in [7, 11) is 1.45. The number of rotatable bonds is 3. The van der Waals surface area contributed by atoms with E-state index >= 15 is 0 Å². The molecule has 0 N–H and O–H groups in total. The number of ether oxygens (including phenoxy) is 1. The van der Waals surface area contributed by atoms with Gasteiger partial charge < -0.3 is 4.74 Å². The van der Waals surface area contributed by atoms with Crippen LogP contribution in [0.1, 0.15) is 12.6 Å². The average molecular weight is 198 g/mol. The minimum Gasteiger partial charge on any atom is -0.361 e. The summed E-state index contributed by atoms with van der Waals surface area (Å²) in [4.78, 5) is 22.8. The van der Waals surface area contributed by atoms with Crippen molar-refractivity contribution >= 4 is 0 Å². The van der Waals surface area contributed by atoms with E-state index < -0.39 is 0 Å². The molecule has 5 nitrogen and oxygen atoms in total. The van der Waals surface area contributed by atoms with Crippen molar-refractivity contribution in [1.82, 2.24) is 9.13 Å². The molecule has 1 aromatic heterocycles. The van der Waals surface area contributed by atoms with Crippen molar-refractivity contribution < 1.29 is 4.74 Å². The lowest BCUT2D eigenvalue weighted by Gasteiger charge is -2.10. The van der Waals surface area contributed by atoms with Crippen molar-refractivity contribution in [2.75, 3.05) is 6.61 Å². The van der Waals surface area contributed by atoms with Crippen molar-refractivity contribution in [1.29, 1.82) is 0 Å². The van der Waals surface area contributed by atoms with E-state index in [0.29, 0.717) is 12.3 Å². The standard InChI is InChI=1S/C9H14N2O3/c1-4-14-6-11-7(2)5-8(12)10(3)9(11)13/h5H,4,6H2,1-3H3. The topological polar surface area (TPSA) is 53.2 Å². The number of nitrogens with zero attached hydrogens (tertiary/aromatic N) is 2. The zero-order valence-electron chi connectivity index (χ0n) is 8.61. The molecule has 0 bridgehead atoms. The summed E-state index contributed by atoms with van der Waals surface area (Å²) >= 11 is 0. The third kappa shape index (κ3) is 1.93. The second-order valence-electron chi connectivity index (χ2n) is 3.02. The lowest BCUT2D eigenvalue weighted by Crippen LogP contribution is -2.39. The molecule has 0 unspecified atom stereocenters. The van der Waals surface area contributed by atoms with Crippen LogP contribution in [0.5, 0.6) is 0 Å². The highest BCUT2D eigenvalue weighted by Gasteiger charge is 2.04. The Morgan fingerprint density at radius 3 is 2.64 bits per heavy atom. The zero-order valence-corrected chi connectivity index (χ0v) is 8.61. The normalized spacial score (nSPS) is 10.5. The van der Waals surface area contributed by atoms with Gasteiger partial charge in [0, 0.05) is 25.4 Å². The lowest BCUT2D eigenvalue weighted by atomic mass is 10.4. The fourth-order valence-corrected chi connectivity index (χ4v) is 1.12. The highest BCUT2D eigenvalue weighted by Crippen LogP contribution is 1.90. The summed E-state index contributed by atoms with van der Waals surface area (Å²) in [6, 6.07) is 1.42. The predicted molar refractivity (Wildman–Crippen MR) is 52.3 cm³/mol. The van der Waals surface area contributed by atoms with E-state index in [0.717, 1.165) is 4.57 Å². The first-order valence-corrected chi connectivity index (χ1v) is 4.43. The first-order valence-electron chi connectivity index (χ1n) is 4.43. The van der Waals surface area contributed by atoms with Crippen LogP contribution in [0.15, 0.2) is 15.7 Å². The maximum absolute atomic E-state index is 11.6. The van der Waals surface area contributed by atoms with Gasteiger partial charge in [-0.05, 0) is 13.8 Å². The summed E-state index contributed by atoms with van der Waals surface area (Å²) in [6.45, 7) is 4.29. The molecule has 0 aliphatic heterocycles. The molecule has 0 radical (unpaired) electrons. The average Bonchev–Trinajstić information content (AvgIpc) is 2.14. The first-order chi connectivity index (χ1) is 6.57. The quantitative estimate of drug-likeness (QED) is 0.678. The molecule has 0 aliphatic carbocycles. The Kier molecular flexibility index (Phi) is 3.24. The second kappa shape index (κ2) is 4.23. The van der Waals surface area contributed by atoms with Crippen LogP contribution in [-0.2, 0) is 18.5 Å². The minimum atomic E-state index is -0.344. The predicted octanol–water partition coefficient (Wildman–Crippen LogP) is -0.151. The van der Waals surface area contributed by atoms with E-state index in [-0.39, 0.29) is 18.0 Å². The van der Waals surface area contributed by atoms with Crippen LogP contribution in [0.2, 0.25) is 0 Å². The number of aromatic nitrogens is 2. The Balaban J connectivity index is 3.23. The van der Waals surface area contributed by atoms with Gasteiger partial charge in [0.1, 0.15) is 6.73 Å². The molecule has 0 amide bonds. The summed E-state index contributed by atoms with van der Waals surface area (Å²) in [5.41, 5.74) is -0.0183. The number of hydrogen-bond acceptors (Lipinski definition) is 3. The third-order valence-corrected chi connectivity index (χ3v) is 2.03. The zero-order chi connectivity index (χ0) is 10.7. The minimum absolute atomic E-state index is 0.190. The van der Waals surface area contributed by atoms with Crippen molar-refractivity contribution in [3.05, 3.63) is 32.6 Å². The van der Waals surface area contributed by atoms with Crippen molar-refractivity contribution in [3.63, 3.8) is 0 Å². The Morgan fingerprint density at radius 1 is 1.43 bits per heavy atom. The van der Waals surface area contributed by atoms with Crippen LogP contribution in [0.3, 0.4) is 0 Å². The molecule has 5 heteroatoms. The maximum Gasteiger partial charge on any atom is 0.332 e. The summed E-state index contributed by atoms with van der Waals surface area (Å²) in [5.74, 6) is 0. The first kappa shape index (κ1) is 10.7. The van der Waals surface area contributed by atoms with E-state index in [1.54, 1.807) is 6.92 Å². The van der Waals surface area contributed by atoms with Crippen molar-refractivity contribution in [3.8, 4) is 0 Å². The van der Waals surface area contributed by atoms with Gasteiger partial charge in [-0.25, -0.2) is 4.79 Å². The highest BCUT2D eigenvalue weighted by atomic mass is 16.5. The molecule has 0 aliphatic rings. The van der Waals surface area contributed by atoms with Crippen LogP contribution in [-0.4, -0.2) is 15.7 Å². The summed E-state index contributed by atoms with van der Waals surface area (Å²) in [5, 5.41) is 0. The van der Waals surface area contributed by atoms with Gasteiger partial charge in [0.2, 0.25) is 0 Å². The molecule has 78 valence electrons. The van der Waals surface area contributed by atoms with Gasteiger partial charge in [-0.2, -0.15) is 0 Å². The molecule has 1 heterocycles. The fraction of sp³-hybridized carbons (Fsp3) is 0.556. The molecule has 0 aromatic carbocycles. The Labute approximate surface area is 81.6 Å². The molecular formula is C9H14N2O3. The van der Waals surface area contributed by atoms with E-state index in [4.69, 9.17) is 4.74 Å². The monoisotopic (exact) mass is 198 g/mol. The van der Waals surface area contributed by atoms with Crippen LogP contribution < -0.4 is 11.2 Å². The van der Waals surface area contributed by atoms with Crippen LogP contribution in [0, 0.1) is 6.92 Å². The maximum atomic E-state index is 11.6. The molecule has 1 aromatic rings. The molecule has 0 spiro atoms. The molecule has 0 atom stereocenters. The van der Waals surface area contributed by atoms with Crippen LogP contribution >= 0.6 is 0 Å². The van der Waals surface area contributed by atoms with Gasteiger partial charge >= 0.3 is 5.69 Å². The Morgan fingerprint density at radius 2 is 2.07 bits per heavy atom. The van der Waals surface area contributed by atoms with E-state index in [1.165, 1.54) is 17.7 Å². The molecule has 0 saturated heterocycles. The number of aryl methyl sites for hydroxylation is 1. The highest BCUT2D eigenvalue weighted by molar-refractivity contribution is 4.99. The van der Waals surface area contributed by atoms with Crippen molar-refractivity contribution in [2.45, 2.75) is 20.6 Å². The number of hydrogen-bond donors (Lipinski definition) is 0. The lowest BCUT2D eigenvalue weighted by molar-refractivity contribution is 0.0819. The smallest absolute Gasteiger partial charge is 0.332 e. The molecular weight excluding hydrogens is 184 g/mol. The van der Waals surface area contributed by atoms with Gasteiger partial charge in [0.05, 0.1) is 0 Å². The SMILES string of the molecule is CCOCn1c(C)cc(=O)n(C)c1=O. The largest absolute Gasteiger partial charge is 0.361 e. The van der Waals surface area contributed by atoms with Gasteiger partial charge in [-0.3, -0.25) is 13.9 Å². The van der Waals surface area contributed by atoms with Gasteiger partial charge in [-0.1, -0.05) is 0 Å². The third-order valence-electron chi connectivity index (χ3n) is 2.03. The Bertz CT molecular complexity index is 431. The van der Waals surface area contributed by atoms with E-state index in [1.807, 2.05) is 6.92 Å². The molecule has 14 heavy (non-hydrogen) atoms. The van der Waals surface area contributed by atoms with Gasteiger partial charge in [0.25, 0.3) is 5.56 Å². The van der Waals surface area contributed by atoms with Crippen LogP contribution in [0.4, 0.5) is 0 Å². The van der Waals surface area contributed by atoms with E-state index in [9.17, 15) is 9.59 Å². The van der Waals surface area contributed by atoms with Crippen molar-refractivity contribution in [2.24, 2.45) is 7.05 Å². The van der Waals surface area contributed by atoms with Gasteiger partial charge in [-0.15, -0.1) is 0 Å². The Hall–Kier alpha value is -1.36. The van der Waals surface area contributed by atoms with E-state index in [2.05, 4.69) is 0 Å². The molecule has 0 fully saturated rings. The molecule has 1 rings (SSSR count). The second-order valence-corrected chi connectivity index (χ2v) is 3.02. The summed E-state index contributed by atoms with van der Waals surface area (Å²) < 4.78 is 7.61. The fourth-order valence-electron chi connectivity index (χ4n) is 1.12. The van der Waals surface area contributed by atoms with Crippen LogP contribution in [0.25, 0.3) is 0 Å². The molecule has 0 saturated carbocycles.